The van der Waals surface area contributed by atoms with E-state index in [9.17, 15) is 4.91 Å². The Hall–Kier alpha value is -0.750. The van der Waals surface area contributed by atoms with Crippen LogP contribution in [0.15, 0.2) is 5.29 Å². The van der Waals surface area contributed by atoms with Crippen LogP contribution in [0.4, 0.5) is 0 Å². The largest absolute Gasteiger partial charge is 0.274 e. The van der Waals surface area contributed by atoms with E-state index in [1.165, 1.54) is 17.2 Å². The number of hydrogen-bond acceptors (Lipinski definition) is 4. The Bertz CT molecular complexity index is 278. The zero-order valence-electron chi connectivity index (χ0n) is 9.07. The number of hydrogen-bond donors (Lipinski definition) is 0. The highest BCUT2D eigenvalue weighted by atomic mass is 32.1. The van der Waals surface area contributed by atoms with Crippen LogP contribution in [0.3, 0.4) is 0 Å². The maximum Gasteiger partial charge on any atom is 0.153 e. The quantitative estimate of drug-likeness (QED) is 0.520. The standard InChI is InChI=1S/C8H15N3O2S/c1-7(2)6(14)10(13-5)8(3,4)11(7)9-12/h1-5H3. The first-order chi connectivity index (χ1) is 6.30. The van der Waals surface area contributed by atoms with Crippen molar-refractivity contribution in [2.75, 3.05) is 7.11 Å². The molecule has 14 heavy (non-hydrogen) atoms. The van der Waals surface area contributed by atoms with Gasteiger partial charge in [-0.1, -0.05) is 12.2 Å². The smallest absolute Gasteiger partial charge is 0.153 e. The lowest BCUT2D eigenvalue weighted by Crippen LogP contribution is -2.48. The van der Waals surface area contributed by atoms with Gasteiger partial charge in [-0.25, -0.2) is 10.1 Å². The lowest BCUT2D eigenvalue weighted by Gasteiger charge is -2.34. The molecule has 1 aliphatic rings. The molecular weight excluding hydrogens is 202 g/mol. The minimum absolute atomic E-state index is 0.560. The van der Waals surface area contributed by atoms with E-state index < -0.39 is 11.2 Å². The van der Waals surface area contributed by atoms with Crippen molar-refractivity contribution >= 4 is 17.2 Å². The van der Waals surface area contributed by atoms with Crippen LogP contribution in [0.2, 0.25) is 0 Å². The van der Waals surface area contributed by atoms with Gasteiger partial charge in [0.25, 0.3) is 0 Å². The van der Waals surface area contributed by atoms with E-state index in [0.717, 1.165) is 0 Å². The Kier molecular flexibility index (Phi) is 2.53. The summed E-state index contributed by atoms with van der Waals surface area (Å²) in [5, 5.41) is 5.96. The molecule has 1 aliphatic heterocycles. The van der Waals surface area contributed by atoms with Crippen molar-refractivity contribution in [2.24, 2.45) is 5.29 Å². The number of hydroxylamine groups is 2. The predicted octanol–water partition coefficient (Wildman–Crippen LogP) is 1.69. The fraction of sp³-hybridized carbons (Fsp3) is 0.875. The highest BCUT2D eigenvalue weighted by molar-refractivity contribution is 7.80. The zero-order valence-corrected chi connectivity index (χ0v) is 9.88. The van der Waals surface area contributed by atoms with Crippen molar-refractivity contribution in [1.82, 2.24) is 10.1 Å². The summed E-state index contributed by atoms with van der Waals surface area (Å²) in [6, 6.07) is 0. The van der Waals surface area contributed by atoms with Crippen LogP contribution < -0.4 is 0 Å². The third kappa shape index (κ3) is 1.21. The molecule has 0 unspecified atom stereocenters. The summed E-state index contributed by atoms with van der Waals surface area (Å²) < 4.78 is 0. The van der Waals surface area contributed by atoms with Gasteiger partial charge in [0.2, 0.25) is 0 Å². The van der Waals surface area contributed by atoms with Crippen molar-refractivity contribution in [1.29, 1.82) is 0 Å². The first-order valence-corrected chi connectivity index (χ1v) is 4.73. The molecular formula is C8H15N3O2S. The molecule has 1 fully saturated rings. The number of thiocarbonyl (C=S) groups is 1. The normalized spacial score (nSPS) is 24.2. The maximum atomic E-state index is 10.8. The van der Waals surface area contributed by atoms with Gasteiger partial charge in [-0.3, -0.25) is 4.84 Å². The van der Waals surface area contributed by atoms with E-state index in [2.05, 4.69) is 5.29 Å². The summed E-state index contributed by atoms with van der Waals surface area (Å²) >= 11 is 5.23. The predicted molar refractivity (Wildman–Crippen MR) is 57.2 cm³/mol. The molecule has 6 heteroatoms. The van der Waals surface area contributed by atoms with E-state index in [-0.39, 0.29) is 0 Å². The molecule has 80 valence electrons. The maximum absolute atomic E-state index is 10.8. The van der Waals surface area contributed by atoms with E-state index in [1.807, 2.05) is 27.7 Å². The van der Waals surface area contributed by atoms with Crippen molar-refractivity contribution in [3.8, 4) is 0 Å². The van der Waals surface area contributed by atoms with Crippen LogP contribution >= 0.6 is 12.2 Å². The summed E-state index contributed by atoms with van der Waals surface area (Å²) in [5.74, 6) is 0. The van der Waals surface area contributed by atoms with Crippen molar-refractivity contribution < 1.29 is 4.84 Å². The molecule has 0 aromatic rings. The van der Waals surface area contributed by atoms with Crippen LogP contribution in [-0.2, 0) is 4.84 Å². The third-order valence-corrected chi connectivity index (χ3v) is 3.18. The van der Waals surface area contributed by atoms with Crippen LogP contribution in [0, 0.1) is 4.91 Å². The highest BCUT2D eigenvalue weighted by Gasteiger charge is 2.55. The highest BCUT2D eigenvalue weighted by Crippen LogP contribution is 2.39. The van der Waals surface area contributed by atoms with E-state index in [0.29, 0.717) is 4.99 Å². The first kappa shape index (κ1) is 11.3. The Labute approximate surface area is 88.9 Å². The fourth-order valence-corrected chi connectivity index (χ4v) is 2.25. The van der Waals surface area contributed by atoms with Gasteiger partial charge in [-0.15, -0.1) is 4.91 Å². The Morgan fingerprint density at radius 2 is 1.86 bits per heavy atom. The topological polar surface area (TPSA) is 45.1 Å². The second-order valence-electron chi connectivity index (χ2n) is 4.23. The molecule has 0 radical (unpaired) electrons. The molecule has 5 nitrogen and oxygen atoms in total. The molecule has 0 bridgehead atoms. The van der Waals surface area contributed by atoms with Gasteiger partial charge >= 0.3 is 0 Å². The van der Waals surface area contributed by atoms with Gasteiger partial charge in [0.1, 0.15) is 10.5 Å². The average Bonchev–Trinajstić information content (AvgIpc) is 2.16. The lowest BCUT2D eigenvalue weighted by atomic mass is 10.1. The van der Waals surface area contributed by atoms with E-state index in [4.69, 9.17) is 17.1 Å². The van der Waals surface area contributed by atoms with Crippen LogP contribution in [0.1, 0.15) is 27.7 Å². The summed E-state index contributed by atoms with van der Waals surface area (Å²) in [7, 11) is 1.53. The minimum atomic E-state index is -0.642. The van der Waals surface area contributed by atoms with Crippen LogP contribution in [0.25, 0.3) is 0 Å². The van der Waals surface area contributed by atoms with E-state index >= 15 is 0 Å². The van der Waals surface area contributed by atoms with Crippen molar-refractivity contribution in [2.45, 2.75) is 38.9 Å². The number of rotatable bonds is 2. The number of nitroso groups, excluding NO2 is 1. The molecule has 1 heterocycles. The monoisotopic (exact) mass is 217 g/mol. The second kappa shape index (κ2) is 3.13. The summed E-state index contributed by atoms with van der Waals surface area (Å²) in [5.41, 5.74) is -1.23. The molecule has 0 aliphatic carbocycles. The Morgan fingerprint density at radius 3 is 2.07 bits per heavy atom. The molecule has 0 aromatic heterocycles. The van der Waals surface area contributed by atoms with Gasteiger partial charge in [0, 0.05) is 0 Å². The van der Waals surface area contributed by atoms with Gasteiger partial charge in [0.05, 0.1) is 12.4 Å². The summed E-state index contributed by atoms with van der Waals surface area (Å²) in [6.45, 7) is 7.35. The SMILES string of the molecule is CON1C(=S)C(C)(C)N(N=O)C1(C)C. The molecule has 1 saturated heterocycles. The minimum Gasteiger partial charge on any atom is -0.274 e. The van der Waals surface area contributed by atoms with E-state index in [1.54, 1.807) is 0 Å². The third-order valence-electron chi connectivity index (χ3n) is 2.52. The second-order valence-corrected chi connectivity index (χ2v) is 4.62. The van der Waals surface area contributed by atoms with Gasteiger partial charge in [-0.05, 0) is 27.7 Å². The van der Waals surface area contributed by atoms with Crippen LogP contribution in [-0.4, -0.2) is 33.4 Å². The molecule has 0 saturated carbocycles. The molecule has 0 N–H and O–H groups in total. The zero-order chi connectivity index (χ0) is 11.1. The van der Waals surface area contributed by atoms with Crippen molar-refractivity contribution in [3.05, 3.63) is 4.91 Å². The fourth-order valence-electron chi connectivity index (χ4n) is 1.87. The Morgan fingerprint density at radius 1 is 1.36 bits per heavy atom. The summed E-state index contributed by atoms with van der Waals surface area (Å²) in [6.07, 6.45) is 0. The average molecular weight is 217 g/mol. The first-order valence-electron chi connectivity index (χ1n) is 4.32. The van der Waals surface area contributed by atoms with Crippen molar-refractivity contribution in [3.63, 3.8) is 0 Å². The number of nitrogens with zero attached hydrogens (tertiary/aromatic N) is 3. The summed E-state index contributed by atoms with van der Waals surface area (Å²) in [4.78, 5) is 16.5. The molecule has 0 aromatic carbocycles. The Balaban J connectivity index is 3.21. The van der Waals surface area contributed by atoms with Gasteiger partial charge in [0.15, 0.2) is 5.66 Å². The molecule has 0 amide bonds. The van der Waals surface area contributed by atoms with Gasteiger partial charge in [-0.2, -0.15) is 0 Å². The molecule has 0 spiro atoms. The molecule has 0 atom stereocenters. The lowest BCUT2D eigenvalue weighted by molar-refractivity contribution is -0.163. The van der Waals surface area contributed by atoms with Gasteiger partial charge < -0.3 is 0 Å². The molecule has 1 rings (SSSR count). The van der Waals surface area contributed by atoms with Crippen LogP contribution in [0.5, 0.6) is 0 Å².